The van der Waals surface area contributed by atoms with Crippen LogP contribution in [0.1, 0.15) is 45.6 Å². The maximum atomic E-state index is 12.7. The number of hydrogen-bond acceptors (Lipinski definition) is 5. The molecule has 2 aromatic rings. The largest absolute Gasteiger partial charge is 0.489 e. The molecule has 0 aliphatic carbocycles. The highest BCUT2D eigenvalue weighted by atomic mass is 16.6. The molecule has 6 nitrogen and oxygen atoms in total. The summed E-state index contributed by atoms with van der Waals surface area (Å²) in [6.45, 7) is 5.92. The third-order valence-electron chi connectivity index (χ3n) is 5.53. The fourth-order valence-corrected chi connectivity index (χ4v) is 3.86. The lowest BCUT2D eigenvalue weighted by Gasteiger charge is -2.40. The zero-order valence-corrected chi connectivity index (χ0v) is 18.5. The number of benzene rings is 2. The van der Waals surface area contributed by atoms with Crippen LogP contribution in [0.4, 0.5) is 0 Å². The van der Waals surface area contributed by atoms with Crippen molar-refractivity contribution in [2.24, 2.45) is 0 Å². The average Bonchev–Trinajstić information content (AvgIpc) is 2.77. The van der Waals surface area contributed by atoms with Crippen LogP contribution in [-0.4, -0.2) is 41.6 Å². The predicted octanol–water partition coefficient (Wildman–Crippen LogP) is 4.37. The van der Waals surface area contributed by atoms with E-state index in [4.69, 9.17) is 14.2 Å². The Balaban J connectivity index is 1.43. The van der Waals surface area contributed by atoms with Crippen LogP contribution >= 0.6 is 0 Å². The molecule has 1 saturated heterocycles. The lowest BCUT2D eigenvalue weighted by Crippen LogP contribution is -2.51. The second-order valence-electron chi connectivity index (χ2n) is 8.04. The Labute approximate surface area is 184 Å². The molecule has 0 spiro atoms. The molecule has 3 rings (SSSR count). The van der Waals surface area contributed by atoms with E-state index in [0.717, 1.165) is 24.8 Å². The maximum absolute atomic E-state index is 12.7. The van der Waals surface area contributed by atoms with Gasteiger partial charge in [0.25, 0.3) is 5.91 Å². The van der Waals surface area contributed by atoms with Gasteiger partial charge in [-0.2, -0.15) is 0 Å². The molecule has 0 radical (unpaired) electrons. The van der Waals surface area contributed by atoms with Crippen molar-refractivity contribution in [3.63, 3.8) is 0 Å². The van der Waals surface area contributed by atoms with Crippen molar-refractivity contribution in [2.75, 3.05) is 6.61 Å². The number of esters is 1. The highest BCUT2D eigenvalue weighted by molar-refractivity contribution is 5.84. The molecule has 1 amide bonds. The summed E-state index contributed by atoms with van der Waals surface area (Å²) in [7, 11) is 0. The molecule has 0 saturated carbocycles. The number of rotatable bonds is 8. The van der Waals surface area contributed by atoms with Crippen molar-refractivity contribution in [3.05, 3.63) is 60.2 Å². The van der Waals surface area contributed by atoms with Crippen LogP contribution in [0.5, 0.6) is 11.5 Å². The number of likely N-dealkylation sites (tertiary alicyclic amines) is 1. The second-order valence-corrected chi connectivity index (χ2v) is 8.04. The lowest BCUT2D eigenvalue weighted by atomic mass is 9.97. The highest BCUT2D eigenvalue weighted by Crippen LogP contribution is 2.24. The maximum Gasteiger partial charge on any atom is 0.344 e. The number of amides is 1. The molecular weight excluding hydrogens is 394 g/mol. The van der Waals surface area contributed by atoms with Crippen LogP contribution in [0.3, 0.4) is 0 Å². The lowest BCUT2D eigenvalue weighted by molar-refractivity contribution is -0.163. The first-order valence-corrected chi connectivity index (χ1v) is 10.9. The molecule has 1 heterocycles. The Morgan fingerprint density at radius 2 is 1.52 bits per heavy atom. The smallest absolute Gasteiger partial charge is 0.344 e. The molecule has 166 valence electrons. The average molecular weight is 426 g/mol. The second kappa shape index (κ2) is 10.8. The van der Waals surface area contributed by atoms with Gasteiger partial charge in [-0.25, -0.2) is 4.79 Å². The summed E-state index contributed by atoms with van der Waals surface area (Å²) in [6, 6.07) is 17.3. The summed E-state index contributed by atoms with van der Waals surface area (Å²) < 4.78 is 16.6. The van der Waals surface area contributed by atoms with E-state index < -0.39 is 12.1 Å². The van der Waals surface area contributed by atoms with Crippen LogP contribution in [0.2, 0.25) is 0 Å². The van der Waals surface area contributed by atoms with Crippen molar-refractivity contribution in [1.82, 2.24) is 4.90 Å². The zero-order chi connectivity index (χ0) is 22.2. The van der Waals surface area contributed by atoms with Gasteiger partial charge in [-0.05, 0) is 69.9 Å². The highest BCUT2D eigenvalue weighted by Gasteiger charge is 2.33. The molecule has 0 aromatic heterocycles. The summed E-state index contributed by atoms with van der Waals surface area (Å²) in [6.07, 6.45) is 2.24. The molecule has 0 unspecified atom stereocenters. The van der Waals surface area contributed by atoms with E-state index in [0.29, 0.717) is 18.1 Å². The summed E-state index contributed by atoms with van der Waals surface area (Å²) in [5.74, 6) is 0.527. The first-order valence-electron chi connectivity index (χ1n) is 10.9. The van der Waals surface area contributed by atoms with E-state index in [2.05, 4.69) is 0 Å². The number of carbonyl (C=O) groups excluding carboxylic acids is 2. The minimum absolute atomic E-state index is 0.145. The molecular formula is C25H31NO5. The van der Waals surface area contributed by atoms with E-state index in [9.17, 15) is 9.59 Å². The van der Waals surface area contributed by atoms with Crippen molar-refractivity contribution in [2.45, 2.75) is 64.8 Å². The van der Waals surface area contributed by atoms with Crippen LogP contribution < -0.4 is 9.47 Å². The van der Waals surface area contributed by atoms with Gasteiger partial charge in [0.05, 0.1) is 0 Å². The van der Waals surface area contributed by atoms with Crippen LogP contribution in [-0.2, 0) is 20.9 Å². The third-order valence-corrected chi connectivity index (χ3v) is 5.53. The molecule has 6 heteroatoms. The summed E-state index contributed by atoms with van der Waals surface area (Å²) in [5.41, 5.74) is 1.09. The topological polar surface area (TPSA) is 65.1 Å². The molecule has 2 aromatic carbocycles. The molecule has 31 heavy (non-hydrogen) atoms. The van der Waals surface area contributed by atoms with Gasteiger partial charge in [0.15, 0.2) is 12.7 Å². The van der Waals surface area contributed by atoms with E-state index in [1.807, 2.05) is 49.1 Å². The van der Waals surface area contributed by atoms with Crippen molar-refractivity contribution in [3.8, 4) is 11.5 Å². The van der Waals surface area contributed by atoms with Crippen molar-refractivity contribution in [1.29, 1.82) is 0 Å². The van der Waals surface area contributed by atoms with Gasteiger partial charge >= 0.3 is 5.97 Å². The molecule has 1 aliphatic rings. The first kappa shape index (κ1) is 22.7. The standard InChI is InChI=1S/C25H31NO5/c1-18-8-7-9-19(2)26(18)25(28)20(3)31-24(27)17-30-23-14-12-22(13-15-23)29-16-21-10-5-4-6-11-21/h4-6,10-15,18-20H,7-9,16-17H2,1-3H3/t18-,19-,20+/m0/s1. The van der Waals surface area contributed by atoms with Gasteiger partial charge in [0.1, 0.15) is 18.1 Å². The van der Waals surface area contributed by atoms with E-state index in [-0.39, 0.29) is 24.6 Å². The zero-order valence-electron chi connectivity index (χ0n) is 18.5. The normalized spacial score (nSPS) is 19.4. The number of nitrogens with zero attached hydrogens (tertiary/aromatic N) is 1. The van der Waals surface area contributed by atoms with E-state index in [1.165, 1.54) is 0 Å². The molecule has 0 N–H and O–H groups in total. The van der Waals surface area contributed by atoms with E-state index in [1.54, 1.807) is 31.2 Å². The Kier molecular flexibility index (Phi) is 7.93. The van der Waals surface area contributed by atoms with E-state index >= 15 is 0 Å². The first-order chi connectivity index (χ1) is 14.9. The van der Waals surface area contributed by atoms with Gasteiger partial charge < -0.3 is 19.1 Å². The van der Waals surface area contributed by atoms with Crippen LogP contribution in [0.25, 0.3) is 0 Å². The van der Waals surface area contributed by atoms with Gasteiger partial charge in [-0.1, -0.05) is 30.3 Å². The number of ether oxygens (including phenoxy) is 3. The monoisotopic (exact) mass is 425 g/mol. The Hall–Kier alpha value is -3.02. The number of piperidine rings is 1. The van der Waals surface area contributed by atoms with Crippen molar-refractivity contribution >= 4 is 11.9 Å². The molecule has 0 bridgehead atoms. The Bertz CT molecular complexity index is 842. The molecule has 1 fully saturated rings. The number of carbonyl (C=O) groups is 2. The third kappa shape index (κ3) is 6.48. The molecule has 3 atom stereocenters. The van der Waals surface area contributed by atoms with Gasteiger partial charge in [-0.15, -0.1) is 0 Å². The quantitative estimate of drug-likeness (QED) is 0.588. The fourth-order valence-electron chi connectivity index (χ4n) is 3.86. The van der Waals surface area contributed by atoms with Crippen LogP contribution in [0, 0.1) is 0 Å². The van der Waals surface area contributed by atoms with Gasteiger partial charge in [0.2, 0.25) is 0 Å². The minimum atomic E-state index is -0.826. The summed E-state index contributed by atoms with van der Waals surface area (Å²) >= 11 is 0. The van der Waals surface area contributed by atoms with Crippen LogP contribution in [0.15, 0.2) is 54.6 Å². The van der Waals surface area contributed by atoms with Gasteiger partial charge in [0, 0.05) is 12.1 Å². The Morgan fingerprint density at radius 3 is 2.13 bits per heavy atom. The summed E-state index contributed by atoms with van der Waals surface area (Å²) in [5, 5.41) is 0. The summed E-state index contributed by atoms with van der Waals surface area (Å²) in [4.78, 5) is 26.7. The predicted molar refractivity (Wildman–Crippen MR) is 118 cm³/mol. The minimum Gasteiger partial charge on any atom is -0.489 e. The number of hydrogen-bond donors (Lipinski definition) is 0. The van der Waals surface area contributed by atoms with Crippen molar-refractivity contribution < 1.29 is 23.8 Å². The Morgan fingerprint density at radius 1 is 0.935 bits per heavy atom. The SMILES string of the molecule is C[C@@H](OC(=O)COc1ccc(OCc2ccccc2)cc1)C(=O)N1[C@@H](C)CCC[C@@H]1C. The fraction of sp³-hybridized carbons (Fsp3) is 0.440. The van der Waals surface area contributed by atoms with Gasteiger partial charge in [-0.3, -0.25) is 4.79 Å². The molecule has 1 aliphatic heterocycles.